The molecule has 10 nitrogen and oxygen atoms in total. The lowest BCUT2D eigenvalue weighted by Crippen LogP contribution is -2.43. The number of esters is 1. The highest BCUT2D eigenvalue weighted by Crippen LogP contribution is 2.27. The molecule has 0 aliphatic carbocycles. The van der Waals surface area contributed by atoms with Crippen LogP contribution in [0.5, 0.6) is 11.5 Å². The molecule has 0 radical (unpaired) electrons. The number of amides is 4. The lowest BCUT2D eigenvalue weighted by molar-refractivity contribution is -0.151. The fourth-order valence-electron chi connectivity index (χ4n) is 2.69. The maximum atomic E-state index is 12.2. The Morgan fingerprint density at radius 1 is 1.17 bits per heavy atom. The summed E-state index contributed by atoms with van der Waals surface area (Å²) < 4.78 is 15.2. The summed E-state index contributed by atoms with van der Waals surface area (Å²) in [4.78, 5) is 48.7. The summed E-state index contributed by atoms with van der Waals surface area (Å²) in [7, 11) is 3.03. The number of hydrogen-bond donors (Lipinski definition) is 2. The minimum atomic E-state index is -1.03. The second-order valence-electron chi connectivity index (χ2n) is 6.63. The molecule has 0 bridgehead atoms. The van der Waals surface area contributed by atoms with Crippen molar-refractivity contribution in [2.75, 3.05) is 27.4 Å². The van der Waals surface area contributed by atoms with Gasteiger partial charge in [0.2, 0.25) is 0 Å². The van der Waals surface area contributed by atoms with Gasteiger partial charge in [-0.25, -0.2) is 4.79 Å². The van der Waals surface area contributed by atoms with E-state index in [1.807, 2.05) is 0 Å². The smallest absolute Gasteiger partial charge is 0.326 e. The number of benzene rings is 1. The second-order valence-corrected chi connectivity index (χ2v) is 6.63. The molecule has 2 N–H and O–H groups in total. The van der Waals surface area contributed by atoms with Gasteiger partial charge in [-0.2, -0.15) is 0 Å². The summed E-state index contributed by atoms with van der Waals surface area (Å²) in [5, 5.41) is 5.14. The monoisotopic (exact) mass is 407 g/mol. The van der Waals surface area contributed by atoms with Crippen molar-refractivity contribution in [3.05, 3.63) is 23.8 Å². The summed E-state index contributed by atoms with van der Waals surface area (Å²) in [5.41, 5.74) is -0.269. The number of imide groups is 1. The molecule has 1 aromatic carbocycles. The van der Waals surface area contributed by atoms with Gasteiger partial charge in [0.1, 0.15) is 12.1 Å². The Bertz CT molecular complexity index is 811. The number of methoxy groups -OCH3 is 2. The third-order valence-corrected chi connectivity index (χ3v) is 4.64. The van der Waals surface area contributed by atoms with Gasteiger partial charge in [-0.05, 0) is 31.0 Å². The molecule has 1 heterocycles. The minimum Gasteiger partial charge on any atom is -0.493 e. The lowest BCUT2D eigenvalue weighted by Gasteiger charge is -2.18. The van der Waals surface area contributed by atoms with Crippen LogP contribution in [0, 0.1) is 0 Å². The molecule has 0 saturated carbocycles. The van der Waals surface area contributed by atoms with Gasteiger partial charge >= 0.3 is 12.0 Å². The quantitative estimate of drug-likeness (QED) is 0.453. The van der Waals surface area contributed by atoms with E-state index < -0.39 is 42.5 Å². The predicted molar refractivity (Wildman–Crippen MR) is 101 cm³/mol. The molecule has 1 fully saturated rings. The van der Waals surface area contributed by atoms with Crippen LogP contribution in [0.15, 0.2) is 18.2 Å². The van der Waals surface area contributed by atoms with E-state index >= 15 is 0 Å². The molecular formula is C19H25N3O7. The summed E-state index contributed by atoms with van der Waals surface area (Å²) in [6, 6.07) is 4.53. The maximum Gasteiger partial charge on any atom is 0.326 e. The molecular weight excluding hydrogens is 382 g/mol. The molecule has 0 spiro atoms. The molecule has 10 heteroatoms. The Kier molecular flexibility index (Phi) is 7.03. The van der Waals surface area contributed by atoms with Gasteiger partial charge in [-0.3, -0.25) is 19.3 Å². The van der Waals surface area contributed by atoms with Crippen LogP contribution < -0.4 is 20.1 Å². The maximum absolute atomic E-state index is 12.2. The van der Waals surface area contributed by atoms with Crippen LogP contribution in [0.2, 0.25) is 0 Å². The Hall–Kier alpha value is -3.30. The van der Waals surface area contributed by atoms with Crippen molar-refractivity contribution in [3.63, 3.8) is 0 Å². The molecule has 1 saturated heterocycles. The molecule has 1 atom stereocenters. The SMILES string of the molecule is CC[C@]1(C)NC(=O)N(CC(=O)OCC(=O)NCc2ccc(OC)c(OC)c2)C1=O. The Labute approximate surface area is 168 Å². The van der Waals surface area contributed by atoms with E-state index in [1.165, 1.54) is 14.2 Å². The topological polar surface area (TPSA) is 123 Å². The Balaban J connectivity index is 1.80. The van der Waals surface area contributed by atoms with Crippen LogP contribution in [-0.2, 0) is 25.7 Å². The number of urea groups is 1. The molecule has 29 heavy (non-hydrogen) atoms. The van der Waals surface area contributed by atoms with Crippen molar-refractivity contribution in [2.24, 2.45) is 0 Å². The van der Waals surface area contributed by atoms with Crippen LogP contribution in [0.3, 0.4) is 0 Å². The van der Waals surface area contributed by atoms with Crippen molar-refractivity contribution in [1.29, 1.82) is 0 Å². The Morgan fingerprint density at radius 3 is 2.45 bits per heavy atom. The van der Waals surface area contributed by atoms with E-state index in [2.05, 4.69) is 10.6 Å². The zero-order chi connectivity index (χ0) is 21.6. The zero-order valence-corrected chi connectivity index (χ0v) is 16.9. The van der Waals surface area contributed by atoms with E-state index in [0.717, 1.165) is 10.5 Å². The van der Waals surface area contributed by atoms with E-state index in [0.29, 0.717) is 17.9 Å². The van der Waals surface area contributed by atoms with E-state index in [1.54, 1.807) is 32.0 Å². The standard InChI is InChI=1S/C19H25N3O7/c1-5-19(2)17(25)22(18(26)21-19)10-16(24)29-11-15(23)20-9-12-6-7-13(27-3)14(8-12)28-4/h6-8H,5,9-11H2,1-4H3,(H,20,23)(H,21,26)/t19-/m0/s1. The highest BCUT2D eigenvalue weighted by Gasteiger charge is 2.47. The molecule has 158 valence electrons. The first-order valence-corrected chi connectivity index (χ1v) is 9.01. The third-order valence-electron chi connectivity index (χ3n) is 4.64. The number of nitrogens with one attached hydrogen (secondary N) is 2. The lowest BCUT2D eigenvalue weighted by atomic mass is 9.99. The van der Waals surface area contributed by atoms with Gasteiger partial charge in [0.15, 0.2) is 18.1 Å². The molecule has 4 amide bonds. The zero-order valence-electron chi connectivity index (χ0n) is 16.9. The number of nitrogens with zero attached hydrogens (tertiary/aromatic N) is 1. The first-order chi connectivity index (χ1) is 13.7. The number of carbonyl (C=O) groups is 4. The van der Waals surface area contributed by atoms with Crippen molar-refractivity contribution in [1.82, 2.24) is 15.5 Å². The van der Waals surface area contributed by atoms with E-state index in [4.69, 9.17) is 14.2 Å². The number of ether oxygens (including phenoxy) is 3. The van der Waals surface area contributed by atoms with Crippen molar-refractivity contribution < 1.29 is 33.4 Å². The van der Waals surface area contributed by atoms with Gasteiger partial charge in [0, 0.05) is 6.54 Å². The molecule has 1 aliphatic rings. The third kappa shape index (κ3) is 5.15. The summed E-state index contributed by atoms with van der Waals surface area (Å²) in [6.07, 6.45) is 0.391. The first-order valence-electron chi connectivity index (χ1n) is 9.01. The van der Waals surface area contributed by atoms with Crippen LogP contribution in [0.1, 0.15) is 25.8 Å². The molecule has 1 aliphatic heterocycles. The molecule has 2 rings (SSSR count). The second kappa shape index (κ2) is 9.26. The van der Waals surface area contributed by atoms with Crippen molar-refractivity contribution in [2.45, 2.75) is 32.4 Å². The van der Waals surface area contributed by atoms with Crippen LogP contribution in [0.4, 0.5) is 4.79 Å². The number of hydrogen-bond acceptors (Lipinski definition) is 7. The van der Waals surface area contributed by atoms with Crippen molar-refractivity contribution >= 4 is 23.8 Å². The number of carbonyl (C=O) groups excluding carboxylic acids is 4. The van der Waals surface area contributed by atoms with Crippen LogP contribution >= 0.6 is 0 Å². The van der Waals surface area contributed by atoms with Gasteiger partial charge in [0.25, 0.3) is 11.8 Å². The van der Waals surface area contributed by atoms with Crippen LogP contribution in [0.25, 0.3) is 0 Å². The average molecular weight is 407 g/mol. The summed E-state index contributed by atoms with van der Waals surface area (Å²) >= 11 is 0. The molecule has 1 aromatic rings. The fourth-order valence-corrected chi connectivity index (χ4v) is 2.69. The minimum absolute atomic E-state index is 0.193. The van der Waals surface area contributed by atoms with Gasteiger partial charge in [0.05, 0.1) is 14.2 Å². The largest absolute Gasteiger partial charge is 0.493 e. The highest BCUT2D eigenvalue weighted by molar-refractivity contribution is 6.08. The highest BCUT2D eigenvalue weighted by atomic mass is 16.5. The van der Waals surface area contributed by atoms with Gasteiger partial charge < -0.3 is 24.8 Å². The van der Waals surface area contributed by atoms with E-state index in [9.17, 15) is 19.2 Å². The van der Waals surface area contributed by atoms with Gasteiger partial charge in [-0.15, -0.1) is 0 Å². The van der Waals surface area contributed by atoms with E-state index in [-0.39, 0.29) is 6.54 Å². The summed E-state index contributed by atoms with van der Waals surface area (Å²) in [5.74, 6) is -0.784. The Morgan fingerprint density at radius 2 is 1.86 bits per heavy atom. The average Bonchev–Trinajstić information content (AvgIpc) is 2.93. The van der Waals surface area contributed by atoms with Gasteiger partial charge in [-0.1, -0.05) is 13.0 Å². The normalized spacial score (nSPS) is 18.3. The predicted octanol–water partition coefficient (Wildman–Crippen LogP) is 0.584. The van der Waals surface area contributed by atoms with Crippen molar-refractivity contribution in [3.8, 4) is 11.5 Å². The summed E-state index contributed by atoms with van der Waals surface area (Å²) in [6.45, 7) is 2.45. The number of rotatable bonds is 9. The fraction of sp³-hybridized carbons (Fsp3) is 0.474. The molecule has 0 aromatic heterocycles. The first kappa shape index (κ1) is 22.0. The van der Waals surface area contributed by atoms with Crippen LogP contribution in [-0.4, -0.2) is 61.6 Å². The molecule has 0 unspecified atom stereocenters.